The van der Waals surface area contributed by atoms with Crippen LogP contribution in [0.15, 0.2) is 0 Å². The van der Waals surface area contributed by atoms with Crippen LogP contribution in [0.1, 0.15) is 36.2 Å². The van der Waals surface area contributed by atoms with Crippen LogP contribution in [0.4, 0.5) is 0 Å². The number of aromatic nitrogens is 2. The van der Waals surface area contributed by atoms with E-state index in [2.05, 4.69) is 24.0 Å². The molecule has 3 heteroatoms. The van der Waals surface area contributed by atoms with Gasteiger partial charge in [0.25, 0.3) is 0 Å². The van der Waals surface area contributed by atoms with E-state index in [9.17, 15) is 0 Å². The van der Waals surface area contributed by atoms with Gasteiger partial charge in [0.2, 0.25) is 0 Å². The van der Waals surface area contributed by atoms with E-state index in [-0.39, 0.29) is 5.54 Å². The number of nitrogens with two attached hydrogens (primary N) is 1. The maximum atomic E-state index is 6.43. The second kappa shape index (κ2) is 2.40. The summed E-state index contributed by atoms with van der Waals surface area (Å²) in [5.74, 6) is 1.80. The Hall–Kier alpha value is -0.830. The topological polar surface area (TPSA) is 54.7 Å². The Labute approximate surface area is 84.1 Å². The van der Waals surface area contributed by atoms with Crippen LogP contribution >= 0.6 is 0 Å². The number of aryl methyl sites for hydroxylation is 1. The van der Waals surface area contributed by atoms with Gasteiger partial charge in [-0.2, -0.15) is 5.10 Å². The van der Waals surface area contributed by atoms with Crippen LogP contribution in [0, 0.1) is 25.7 Å². The fourth-order valence-corrected chi connectivity index (χ4v) is 2.99. The smallest absolute Gasteiger partial charge is 0.0852 e. The molecule has 0 spiro atoms. The predicted octanol–water partition coefficient (Wildman–Crippen LogP) is 1.61. The van der Waals surface area contributed by atoms with Gasteiger partial charge in [-0.05, 0) is 50.5 Å². The molecule has 0 radical (unpaired) electrons. The van der Waals surface area contributed by atoms with Crippen molar-refractivity contribution in [2.75, 3.05) is 0 Å². The highest BCUT2D eigenvalue weighted by atomic mass is 15.1. The molecule has 3 N–H and O–H groups in total. The van der Waals surface area contributed by atoms with Gasteiger partial charge < -0.3 is 5.73 Å². The van der Waals surface area contributed by atoms with Gasteiger partial charge in [0.05, 0.1) is 11.2 Å². The number of hydrogen-bond donors (Lipinski definition) is 2. The average Bonchev–Trinajstić information content (AvgIpc) is 2.58. The number of hydrogen-bond acceptors (Lipinski definition) is 2. The fourth-order valence-electron chi connectivity index (χ4n) is 2.99. The van der Waals surface area contributed by atoms with Crippen molar-refractivity contribution in [1.82, 2.24) is 10.2 Å². The molecule has 2 fully saturated rings. The highest BCUT2D eigenvalue weighted by molar-refractivity contribution is 5.31. The van der Waals surface area contributed by atoms with Crippen LogP contribution in [-0.4, -0.2) is 10.2 Å². The molecule has 2 saturated carbocycles. The largest absolute Gasteiger partial charge is 0.320 e. The Balaban J connectivity index is 1.98. The number of nitrogens with zero attached hydrogens (tertiary/aromatic N) is 1. The molecule has 0 aromatic carbocycles. The fraction of sp³-hybridized carbons (Fsp3) is 0.727. The summed E-state index contributed by atoms with van der Waals surface area (Å²) in [4.78, 5) is 0. The van der Waals surface area contributed by atoms with Gasteiger partial charge in [0, 0.05) is 5.69 Å². The van der Waals surface area contributed by atoms with Crippen molar-refractivity contribution in [2.24, 2.45) is 17.6 Å². The zero-order chi connectivity index (χ0) is 9.92. The summed E-state index contributed by atoms with van der Waals surface area (Å²) in [6.45, 7) is 4.18. The summed E-state index contributed by atoms with van der Waals surface area (Å²) in [5.41, 5.74) is 9.84. The molecule has 14 heavy (non-hydrogen) atoms. The van der Waals surface area contributed by atoms with Crippen LogP contribution < -0.4 is 5.73 Å². The van der Waals surface area contributed by atoms with E-state index in [1.54, 1.807) is 0 Å². The quantitative estimate of drug-likeness (QED) is 0.708. The Morgan fingerprint density at radius 2 is 2.00 bits per heavy atom. The predicted molar refractivity (Wildman–Crippen MR) is 54.8 cm³/mol. The van der Waals surface area contributed by atoms with E-state index in [1.807, 2.05) is 0 Å². The molecule has 0 amide bonds. The zero-order valence-corrected chi connectivity index (χ0v) is 8.80. The highest BCUT2D eigenvalue weighted by Crippen LogP contribution is 2.58. The van der Waals surface area contributed by atoms with Crippen molar-refractivity contribution in [2.45, 2.75) is 38.6 Å². The van der Waals surface area contributed by atoms with E-state index in [0.717, 1.165) is 36.1 Å². The van der Waals surface area contributed by atoms with Crippen LogP contribution in [0.3, 0.4) is 0 Å². The lowest BCUT2D eigenvalue weighted by Crippen LogP contribution is -2.36. The Bertz CT molecular complexity index is 370. The van der Waals surface area contributed by atoms with Crippen molar-refractivity contribution in [1.29, 1.82) is 0 Å². The Kier molecular flexibility index (Phi) is 1.45. The molecule has 2 unspecified atom stereocenters. The molecule has 0 aliphatic heterocycles. The molecule has 3 rings (SSSR count). The van der Waals surface area contributed by atoms with Crippen molar-refractivity contribution in [3.63, 3.8) is 0 Å². The van der Waals surface area contributed by atoms with Crippen LogP contribution in [0.5, 0.6) is 0 Å². The first kappa shape index (κ1) is 8.48. The van der Waals surface area contributed by atoms with E-state index in [1.165, 1.54) is 12.0 Å². The summed E-state index contributed by atoms with van der Waals surface area (Å²) in [6, 6.07) is 0. The molecule has 0 saturated heterocycles. The second-order valence-corrected chi connectivity index (χ2v) is 5.14. The summed E-state index contributed by atoms with van der Waals surface area (Å²) in [6.07, 6.45) is 3.69. The molecule has 76 valence electrons. The van der Waals surface area contributed by atoms with E-state index >= 15 is 0 Å². The number of aromatic amines is 1. The number of H-pyrrole nitrogens is 1. The van der Waals surface area contributed by atoms with Gasteiger partial charge in [-0.1, -0.05) is 0 Å². The van der Waals surface area contributed by atoms with Gasteiger partial charge in [-0.25, -0.2) is 0 Å². The molecule has 2 aliphatic rings. The molecule has 1 heterocycles. The number of nitrogens with one attached hydrogen (secondary N) is 1. The summed E-state index contributed by atoms with van der Waals surface area (Å²) >= 11 is 0. The first-order valence-electron chi connectivity index (χ1n) is 5.41. The third-order valence-electron chi connectivity index (χ3n) is 4.05. The maximum Gasteiger partial charge on any atom is 0.0852 e. The van der Waals surface area contributed by atoms with Gasteiger partial charge >= 0.3 is 0 Å². The monoisotopic (exact) mass is 191 g/mol. The minimum atomic E-state index is -0.123. The first-order chi connectivity index (χ1) is 6.60. The first-order valence-corrected chi connectivity index (χ1v) is 5.41. The lowest BCUT2D eigenvalue weighted by Gasteiger charge is -2.24. The SMILES string of the molecule is Cc1[nH]nc(C2(N)CC3CC3C2)c1C. The van der Waals surface area contributed by atoms with Crippen LogP contribution in [0.2, 0.25) is 0 Å². The summed E-state index contributed by atoms with van der Waals surface area (Å²) < 4.78 is 0. The minimum Gasteiger partial charge on any atom is -0.320 e. The standard InChI is InChI=1S/C11H17N3/c1-6-7(2)13-14-10(6)11(12)4-8-3-9(8)5-11/h8-9H,3-5,12H2,1-2H3,(H,13,14). The van der Waals surface area contributed by atoms with Gasteiger partial charge in [0.15, 0.2) is 0 Å². The molecule has 2 aliphatic carbocycles. The molecular weight excluding hydrogens is 174 g/mol. The Morgan fingerprint density at radius 3 is 2.50 bits per heavy atom. The molecule has 0 bridgehead atoms. The molecule has 1 aromatic rings. The Morgan fingerprint density at radius 1 is 1.36 bits per heavy atom. The molecule has 2 atom stereocenters. The number of rotatable bonds is 1. The number of fused-ring (bicyclic) bond motifs is 1. The van der Waals surface area contributed by atoms with Gasteiger partial charge in [0.1, 0.15) is 0 Å². The third kappa shape index (κ3) is 0.989. The van der Waals surface area contributed by atoms with Crippen molar-refractivity contribution >= 4 is 0 Å². The van der Waals surface area contributed by atoms with Crippen LogP contribution in [-0.2, 0) is 5.54 Å². The third-order valence-corrected chi connectivity index (χ3v) is 4.05. The average molecular weight is 191 g/mol. The lowest BCUT2D eigenvalue weighted by atomic mass is 9.88. The van der Waals surface area contributed by atoms with E-state index in [4.69, 9.17) is 5.73 Å². The normalized spacial score (nSPS) is 39.9. The van der Waals surface area contributed by atoms with Crippen molar-refractivity contribution < 1.29 is 0 Å². The summed E-state index contributed by atoms with van der Waals surface area (Å²) in [7, 11) is 0. The minimum absolute atomic E-state index is 0.123. The second-order valence-electron chi connectivity index (χ2n) is 5.14. The van der Waals surface area contributed by atoms with Crippen molar-refractivity contribution in [3.05, 3.63) is 17.0 Å². The molecule has 3 nitrogen and oxygen atoms in total. The molecule has 1 aromatic heterocycles. The molecular formula is C11H17N3. The highest BCUT2D eigenvalue weighted by Gasteiger charge is 2.54. The maximum absolute atomic E-state index is 6.43. The van der Waals surface area contributed by atoms with Gasteiger partial charge in [-0.3, -0.25) is 5.10 Å². The van der Waals surface area contributed by atoms with E-state index in [0.29, 0.717) is 0 Å². The lowest BCUT2D eigenvalue weighted by molar-refractivity contribution is 0.397. The summed E-state index contributed by atoms with van der Waals surface area (Å²) in [5, 5.41) is 7.41. The van der Waals surface area contributed by atoms with E-state index < -0.39 is 0 Å². The zero-order valence-electron chi connectivity index (χ0n) is 8.80. The van der Waals surface area contributed by atoms with Crippen LogP contribution in [0.25, 0.3) is 0 Å². The van der Waals surface area contributed by atoms with Gasteiger partial charge in [-0.15, -0.1) is 0 Å². The van der Waals surface area contributed by atoms with Crippen molar-refractivity contribution in [3.8, 4) is 0 Å².